The molecule has 16 heteroatoms. The minimum absolute atomic E-state index is 0.302. The second-order valence-electron chi connectivity index (χ2n) is 9.85. The van der Waals surface area contributed by atoms with Crippen LogP contribution in [0.4, 0.5) is 23.2 Å². The van der Waals surface area contributed by atoms with Crippen LogP contribution in [-0.4, -0.2) is 36.0 Å². The first-order valence-corrected chi connectivity index (χ1v) is 14.8. The first kappa shape index (κ1) is 33.8. The molecule has 0 spiro atoms. The number of hydrogen-bond donors (Lipinski definition) is 3. The monoisotopic (exact) mass is 677 g/mol. The number of nitrogens with one attached hydrogen (secondary N) is 1. The van der Waals surface area contributed by atoms with E-state index in [4.69, 9.17) is 16.9 Å². The molecule has 0 fully saturated rings. The van der Waals surface area contributed by atoms with E-state index in [1.165, 1.54) is 30.3 Å². The Balaban J connectivity index is 1.99. The highest BCUT2D eigenvalue weighted by atomic mass is 35.5. The molecule has 4 aromatic rings. The van der Waals surface area contributed by atoms with Crippen molar-refractivity contribution in [2.45, 2.75) is 21.9 Å². The fourth-order valence-electron chi connectivity index (χ4n) is 4.72. The van der Waals surface area contributed by atoms with Crippen molar-refractivity contribution >= 4 is 33.0 Å². The number of phenolic OH excluding ortho intramolecular Hbond substituents is 1. The number of sulfone groups is 1. The third-order valence-corrected chi connectivity index (χ3v) is 9.48. The van der Waals surface area contributed by atoms with E-state index in [1.54, 1.807) is 0 Å². The predicted octanol–water partition coefficient (Wildman–Crippen LogP) is 5.82. The number of para-hydroxylation sites is 1. The van der Waals surface area contributed by atoms with Gasteiger partial charge in [0.2, 0.25) is 0 Å². The molecule has 4 rings (SSSR count). The summed E-state index contributed by atoms with van der Waals surface area (Å²) >= 11 is 6.08. The van der Waals surface area contributed by atoms with Gasteiger partial charge in [0.05, 0.1) is 33.1 Å². The summed E-state index contributed by atoms with van der Waals surface area (Å²) in [5.74, 6) is -2.77. The van der Waals surface area contributed by atoms with Gasteiger partial charge in [0.25, 0.3) is 11.6 Å². The van der Waals surface area contributed by atoms with Crippen molar-refractivity contribution in [3.05, 3.63) is 134 Å². The van der Waals surface area contributed by atoms with Crippen LogP contribution in [0.15, 0.2) is 89.8 Å². The molecule has 0 aliphatic carbocycles. The largest absolute Gasteiger partial charge is 0.507 e. The second kappa shape index (κ2) is 12.8. The third kappa shape index (κ3) is 6.64. The smallest absolute Gasteiger partial charge is 0.416 e. The summed E-state index contributed by atoms with van der Waals surface area (Å²) in [6.45, 7) is -1.04. The number of carbonyl (C=O) groups excluding carboxylic acids is 1. The highest BCUT2D eigenvalue weighted by molar-refractivity contribution is 7.91. The van der Waals surface area contributed by atoms with Crippen molar-refractivity contribution in [3.8, 4) is 11.8 Å². The number of amides is 1. The minimum atomic E-state index is -5.07. The van der Waals surface area contributed by atoms with Gasteiger partial charge in [-0.3, -0.25) is 14.9 Å². The molecule has 1 amide bonds. The lowest BCUT2D eigenvalue weighted by atomic mass is 9.85. The van der Waals surface area contributed by atoms with E-state index < -0.39 is 93.7 Å². The number of rotatable bonds is 9. The van der Waals surface area contributed by atoms with Crippen molar-refractivity contribution < 1.29 is 45.9 Å². The molecule has 0 saturated carbocycles. The van der Waals surface area contributed by atoms with E-state index in [-0.39, 0.29) is 5.56 Å². The number of nitro benzene ring substituents is 1. The molecule has 0 saturated heterocycles. The lowest BCUT2D eigenvalue weighted by molar-refractivity contribution is -0.384. The lowest BCUT2D eigenvalue weighted by Gasteiger charge is -2.37. The maximum absolute atomic E-state index is 14.7. The van der Waals surface area contributed by atoms with Crippen molar-refractivity contribution in [1.29, 1.82) is 5.26 Å². The summed E-state index contributed by atoms with van der Waals surface area (Å²) in [7, 11) is -5.07. The molecule has 3 N–H and O–H groups in total. The van der Waals surface area contributed by atoms with E-state index in [0.29, 0.717) is 18.2 Å². The Kier molecular flexibility index (Phi) is 9.38. The molecule has 238 valence electrons. The Morgan fingerprint density at radius 3 is 2.20 bits per heavy atom. The number of aliphatic hydroxyl groups is 1. The number of alkyl halides is 3. The number of phenols is 1. The summed E-state index contributed by atoms with van der Waals surface area (Å²) in [4.78, 5) is 22.8. The molecule has 2 unspecified atom stereocenters. The Hall–Kier alpha value is -5.04. The van der Waals surface area contributed by atoms with E-state index in [2.05, 4.69) is 5.32 Å². The molecule has 0 aromatic heterocycles. The van der Waals surface area contributed by atoms with Crippen LogP contribution in [0, 0.1) is 27.3 Å². The fraction of sp³-hybridized carbons (Fsp3) is 0.133. The SMILES string of the molecule is N#Cc1ccc(S(=O)(=O)C(c2ccc([N+](=O)[O-])c(Cl)c2)C(O)(CNC(=O)c2ccccc2O)c2ccc(C(F)(F)F)cc2)cc1F. The third-order valence-electron chi connectivity index (χ3n) is 6.98. The van der Waals surface area contributed by atoms with Gasteiger partial charge >= 0.3 is 6.18 Å². The topological polar surface area (TPSA) is 171 Å². The number of nitro groups is 1. The quantitative estimate of drug-likeness (QED) is 0.113. The molecule has 0 heterocycles. The van der Waals surface area contributed by atoms with E-state index >= 15 is 0 Å². The van der Waals surface area contributed by atoms with Gasteiger partial charge in [0.1, 0.15) is 33.5 Å². The molecule has 0 bridgehead atoms. The average molecular weight is 678 g/mol. The Morgan fingerprint density at radius 1 is 1.02 bits per heavy atom. The zero-order chi connectivity index (χ0) is 34.0. The Labute approximate surface area is 263 Å². The number of halogens is 5. The normalized spacial score (nSPS) is 13.7. The maximum atomic E-state index is 14.7. The zero-order valence-corrected chi connectivity index (χ0v) is 24.6. The van der Waals surface area contributed by atoms with E-state index in [9.17, 15) is 51.1 Å². The van der Waals surface area contributed by atoms with Crippen LogP contribution < -0.4 is 5.32 Å². The van der Waals surface area contributed by atoms with Crippen LogP contribution in [0.5, 0.6) is 5.75 Å². The Bertz CT molecular complexity index is 1980. The molecule has 46 heavy (non-hydrogen) atoms. The van der Waals surface area contributed by atoms with Crippen LogP contribution in [0.25, 0.3) is 0 Å². The zero-order valence-electron chi connectivity index (χ0n) is 23.0. The molecular weight excluding hydrogens is 658 g/mol. The van der Waals surface area contributed by atoms with Crippen LogP contribution in [-0.2, 0) is 21.6 Å². The van der Waals surface area contributed by atoms with Crippen molar-refractivity contribution in [3.63, 3.8) is 0 Å². The predicted molar refractivity (Wildman–Crippen MR) is 155 cm³/mol. The summed E-state index contributed by atoms with van der Waals surface area (Å²) in [6, 6.07) is 14.1. The van der Waals surface area contributed by atoms with Gasteiger partial charge in [-0.1, -0.05) is 41.9 Å². The van der Waals surface area contributed by atoms with E-state index in [0.717, 1.165) is 42.5 Å². The summed E-state index contributed by atoms with van der Waals surface area (Å²) < 4.78 is 83.5. The molecule has 4 aromatic carbocycles. The second-order valence-corrected chi connectivity index (χ2v) is 12.3. The summed E-state index contributed by atoms with van der Waals surface area (Å²) in [5.41, 5.74) is -6.45. The minimum Gasteiger partial charge on any atom is -0.507 e. The molecule has 2 atom stereocenters. The van der Waals surface area contributed by atoms with Gasteiger partial charge < -0.3 is 15.5 Å². The number of aromatic hydroxyl groups is 1. The first-order chi connectivity index (χ1) is 21.5. The standard InChI is InChI=1S/C30H20ClF4N3O7S/c31-23-13-17(6-12-25(23)38(42)43)27(46(44,45)21-11-5-18(15-36)24(32)14-21)29(41,19-7-9-20(10-8-19)30(33,34)35)16-37-28(40)22-3-1-2-4-26(22)39/h1-14,27,39,41H,16H2,(H,37,40). The van der Waals surface area contributed by atoms with Gasteiger partial charge in [-0.25, -0.2) is 12.8 Å². The summed E-state index contributed by atoms with van der Waals surface area (Å²) in [6.07, 6.45) is -4.83. The highest BCUT2D eigenvalue weighted by Crippen LogP contribution is 2.46. The molecular formula is C30H20ClF4N3O7S. The maximum Gasteiger partial charge on any atom is 0.416 e. The van der Waals surface area contributed by atoms with Crippen LogP contribution in [0.2, 0.25) is 5.02 Å². The average Bonchev–Trinajstić information content (AvgIpc) is 2.99. The van der Waals surface area contributed by atoms with Gasteiger partial charge in [-0.15, -0.1) is 0 Å². The Morgan fingerprint density at radius 2 is 1.65 bits per heavy atom. The van der Waals surface area contributed by atoms with Crippen molar-refractivity contribution in [1.82, 2.24) is 5.32 Å². The number of nitrogens with zero attached hydrogens (tertiary/aromatic N) is 2. The van der Waals surface area contributed by atoms with Crippen molar-refractivity contribution in [2.75, 3.05) is 6.54 Å². The molecule has 0 aliphatic heterocycles. The van der Waals surface area contributed by atoms with Crippen LogP contribution in [0.3, 0.4) is 0 Å². The number of nitriles is 1. The number of carbonyl (C=O) groups is 1. The highest BCUT2D eigenvalue weighted by Gasteiger charge is 2.49. The molecule has 0 aliphatic rings. The van der Waals surface area contributed by atoms with Crippen LogP contribution in [0.1, 0.15) is 37.9 Å². The first-order valence-electron chi connectivity index (χ1n) is 12.8. The number of hydrogen-bond acceptors (Lipinski definition) is 8. The van der Waals surface area contributed by atoms with Gasteiger partial charge in [-0.05, 0) is 59.7 Å². The van der Waals surface area contributed by atoms with Crippen molar-refractivity contribution in [2.24, 2.45) is 0 Å². The summed E-state index contributed by atoms with van der Waals surface area (Å²) in [5, 5.41) is 42.3. The van der Waals surface area contributed by atoms with Gasteiger partial charge in [0, 0.05) is 6.07 Å². The molecule has 10 nitrogen and oxygen atoms in total. The van der Waals surface area contributed by atoms with Crippen LogP contribution >= 0.6 is 11.6 Å². The fourth-order valence-corrected chi connectivity index (χ4v) is 7.01. The lowest BCUT2D eigenvalue weighted by Crippen LogP contribution is -2.47. The van der Waals surface area contributed by atoms with Gasteiger partial charge in [-0.2, -0.15) is 18.4 Å². The number of benzene rings is 4. The van der Waals surface area contributed by atoms with E-state index in [1.807, 2.05) is 0 Å². The van der Waals surface area contributed by atoms with Gasteiger partial charge in [0.15, 0.2) is 9.84 Å². The molecule has 0 radical (unpaired) electrons.